The predicted octanol–water partition coefficient (Wildman–Crippen LogP) is 4.34. The first-order chi connectivity index (χ1) is 13.2. The van der Waals surface area contributed by atoms with Crippen molar-refractivity contribution in [2.24, 2.45) is 11.8 Å². The Labute approximate surface area is 164 Å². The molecule has 3 aliphatic rings. The molecule has 2 N–H and O–H groups in total. The van der Waals surface area contributed by atoms with Crippen molar-refractivity contribution in [1.82, 2.24) is 4.90 Å². The number of nitrogens with two attached hydrogens (primary N) is 1. The molecular weight excluding hydrogens is 334 g/mol. The molecule has 0 amide bonds. The molecule has 0 radical (unpaired) electrons. The van der Waals surface area contributed by atoms with Gasteiger partial charge in [-0.3, -0.25) is 4.79 Å². The maximum absolute atomic E-state index is 12.3. The van der Waals surface area contributed by atoms with Gasteiger partial charge in [-0.2, -0.15) is 0 Å². The molecule has 0 atom stereocenters. The van der Waals surface area contributed by atoms with Gasteiger partial charge >= 0.3 is 0 Å². The van der Waals surface area contributed by atoms with Crippen molar-refractivity contribution in [1.29, 1.82) is 0 Å². The number of nitrogen functional groups attached to an aromatic ring is 1. The largest absolute Gasteiger partial charge is 0.397 e. The van der Waals surface area contributed by atoms with E-state index in [-0.39, 0.29) is 5.78 Å². The van der Waals surface area contributed by atoms with E-state index in [0.717, 1.165) is 35.9 Å². The Kier molecular flexibility index (Phi) is 6.01. The summed E-state index contributed by atoms with van der Waals surface area (Å²) >= 11 is 0. The van der Waals surface area contributed by atoms with E-state index < -0.39 is 0 Å². The quantitative estimate of drug-likeness (QED) is 0.574. The Hall–Kier alpha value is -1.55. The van der Waals surface area contributed by atoms with Crippen LogP contribution in [0.2, 0.25) is 0 Å². The fraction of sp³-hybridized carbons (Fsp3) is 0.696. The minimum atomic E-state index is 0.257. The fourth-order valence-corrected chi connectivity index (χ4v) is 4.73. The summed E-state index contributed by atoms with van der Waals surface area (Å²) in [6.07, 6.45) is 11.2. The number of anilines is 2. The van der Waals surface area contributed by atoms with Crippen LogP contribution in [0.25, 0.3) is 0 Å². The van der Waals surface area contributed by atoms with Crippen molar-refractivity contribution in [2.75, 3.05) is 43.4 Å². The van der Waals surface area contributed by atoms with E-state index in [2.05, 4.69) is 15.9 Å². The first-order valence-electron chi connectivity index (χ1n) is 11.1. The number of carbonyl (C=O) groups is 1. The summed E-state index contributed by atoms with van der Waals surface area (Å²) in [4.78, 5) is 17.4. The van der Waals surface area contributed by atoms with Crippen LogP contribution in [0.15, 0.2) is 18.2 Å². The van der Waals surface area contributed by atoms with Gasteiger partial charge in [-0.15, -0.1) is 0 Å². The molecule has 148 valence electrons. The lowest BCUT2D eigenvalue weighted by Gasteiger charge is -2.35. The van der Waals surface area contributed by atoms with Crippen LogP contribution in [0.3, 0.4) is 0 Å². The van der Waals surface area contributed by atoms with E-state index >= 15 is 0 Å². The van der Waals surface area contributed by atoms with Gasteiger partial charge in [0.1, 0.15) is 0 Å². The normalized spacial score (nSPS) is 22.1. The minimum absolute atomic E-state index is 0.257. The Balaban J connectivity index is 1.26. The van der Waals surface area contributed by atoms with Crippen LogP contribution in [0.1, 0.15) is 68.1 Å². The van der Waals surface area contributed by atoms with Crippen LogP contribution in [0.4, 0.5) is 11.4 Å². The Bertz CT molecular complexity index is 641. The summed E-state index contributed by atoms with van der Waals surface area (Å²) in [5, 5.41) is 0. The van der Waals surface area contributed by atoms with E-state index in [4.69, 9.17) is 5.73 Å². The highest BCUT2D eigenvalue weighted by Crippen LogP contribution is 2.35. The minimum Gasteiger partial charge on any atom is -0.397 e. The molecule has 1 aromatic carbocycles. The van der Waals surface area contributed by atoms with Crippen LogP contribution in [0.5, 0.6) is 0 Å². The first kappa shape index (κ1) is 18.8. The second-order valence-electron chi connectivity index (χ2n) is 8.97. The molecule has 27 heavy (non-hydrogen) atoms. The van der Waals surface area contributed by atoms with Crippen molar-refractivity contribution < 1.29 is 4.79 Å². The first-order valence-corrected chi connectivity index (χ1v) is 11.1. The number of rotatable bonds is 7. The number of carbonyl (C=O) groups excluding carboxylic acids is 1. The number of hydrogen-bond donors (Lipinski definition) is 1. The number of benzene rings is 1. The number of ketones is 1. The standard InChI is InChI=1S/C23H35N3O/c24-21-17-20(23(27)16-19-4-5-19)6-7-22(21)26-14-9-18(10-15-26)8-13-25-11-2-1-3-12-25/h6-7,17-19H,1-5,8-16,24H2. The maximum Gasteiger partial charge on any atom is 0.163 e. The van der Waals surface area contributed by atoms with Crippen LogP contribution in [-0.4, -0.2) is 43.4 Å². The van der Waals surface area contributed by atoms with Gasteiger partial charge in [-0.25, -0.2) is 0 Å². The third kappa shape index (κ3) is 5.04. The molecule has 4 heteroatoms. The zero-order chi connectivity index (χ0) is 18.6. The average Bonchev–Trinajstić information content (AvgIpc) is 3.51. The van der Waals surface area contributed by atoms with Crippen molar-refractivity contribution >= 4 is 17.2 Å². The van der Waals surface area contributed by atoms with Crippen LogP contribution in [0, 0.1) is 11.8 Å². The molecule has 2 aliphatic heterocycles. The Morgan fingerprint density at radius 1 is 0.963 bits per heavy atom. The molecule has 0 aromatic heterocycles. The second-order valence-corrected chi connectivity index (χ2v) is 8.97. The molecule has 0 bridgehead atoms. The van der Waals surface area contributed by atoms with Crippen molar-refractivity contribution in [3.63, 3.8) is 0 Å². The second kappa shape index (κ2) is 8.64. The molecule has 4 nitrogen and oxygen atoms in total. The number of Topliss-reactive ketones (excluding diaryl/α,β-unsaturated/α-hetero) is 1. The monoisotopic (exact) mass is 369 g/mol. The van der Waals surface area contributed by atoms with E-state index in [1.807, 2.05) is 12.1 Å². The summed E-state index contributed by atoms with van der Waals surface area (Å²) in [5.41, 5.74) is 9.00. The van der Waals surface area contributed by atoms with E-state index in [0.29, 0.717) is 12.3 Å². The lowest BCUT2D eigenvalue weighted by atomic mass is 9.92. The fourth-order valence-electron chi connectivity index (χ4n) is 4.73. The van der Waals surface area contributed by atoms with Crippen molar-refractivity contribution in [3.05, 3.63) is 23.8 Å². The van der Waals surface area contributed by atoms with Gasteiger partial charge in [0, 0.05) is 25.1 Å². The molecule has 1 aromatic rings. The molecule has 0 unspecified atom stereocenters. The van der Waals surface area contributed by atoms with Crippen LogP contribution >= 0.6 is 0 Å². The van der Waals surface area contributed by atoms with E-state index in [1.54, 1.807) is 0 Å². The maximum atomic E-state index is 12.3. The van der Waals surface area contributed by atoms with E-state index in [9.17, 15) is 4.79 Å². The highest BCUT2D eigenvalue weighted by atomic mass is 16.1. The summed E-state index contributed by atoms with van der Waals surface area (Å²) in [7, 11) is 0. The molecule has 4 rings (SSSR count). The van der Waals surface area contributed by atoms with Gasteiger partial charge in [0.25, 0.3) is 0 Å². The molecule has 1 aliphatic carbocycles. The molecule has 0 spiro atoms. The van der Waals surface area contributed by atoms with Gasteiger partial charge in [0.05, 0.1) is 11.4 Å². The lowest BCUT2D eigenvalue weighted by Crippen LogP contribution is -2.36. The molecule has 2 saturated heterocycles. The highest BCUT2D eigenvalue weighted by Gasteiger charge is 2.26. The van der Waals surface area contributed by atoms with Crippen LogP contribution in [-0.2, 0) is 0 Å². The SMILES string of the molecule is Nc1cc(C(=O)CC2CC2)ccc1N1CCC(CCN2CCCCC2)CC1. The molecular formula is C23H35N3O. The zero-order valence-electron chi connectivity index (χ0n) is 16.7. The smallest absolute Gasteiger partial charge is 0.163 e. The summed E-state index contributed by atoms with van der Waals surface area (Å²) in [6.45, 7) is 6.07. The van der Waals surface area contributed by atoms with Crippen LogP contribution < -0.4 is 10.6 Å². The number of likely N-dealkylation sites (tertiary alicyclic amines) is 1. The van der Waals surface area contributed by atoms with Crippen molar-refractivity contribution in [2.45, 2.75) is 57.8 Å². The number of hydrogen-bond acceptors (Lipinski definition) is 4. The lowest BCUT2D eigenvalue weighted by molar-refractivity contribution is 0.0976. The Morgan fingerprint density at radius 3 is 2.37 bits per heavy atom. The Morgan fingerprint density at radius 2 is 1.70 bits per heavy atom. The number of piperidine rings is 2. The highest BCUT2D eigenvalue weighted by molar-refractivity contribution is 5.98. The molecule has 2 heterocycles. The predicted molar refractivity (Wildman–Crippen MR) is 112 cm³/mol. The third-order valence-electron chi connectivity index (χ3n) is 6.78. The van der Waals surface area contributed by atoms with Gasteiger partial charge < -0.3 is 15.5 Å². The summed E-state index contributed by atoms with van der Waals surface area (Å²) < 4.78 is 0. The number of nitrogens with zero attached hydrogens (tertiary/aromatic N) is 2. The summed E-state index contributed by atoms with van der Waals surface area (Å²) in [5.74, 6) is 1.73. The van der Waals surface area contributed by atoms with Gasteiger partial charge in [0.15, 0.2) is 5.78 Å². The van der Waals surface area contributed by atoms with Crippen molar-refractivity contribution in [3.8, 4) is 0 Å². The average molecular weight is 370 g/mol. The topological polar surface area (TPSA) is 49.6 Å². The summed E-state index contributed by atoms with van der Waals surface area (Å²) in [6, 6.07) is 5.96. The van der Waals surface area contributed by atoms with E-state index in [1.165, 1.54) is 71.0 Å². The molecule has 1 saturated carbocycles. The van der Waals surface area contributed by atoms with Gasteiger partial charge in [-0.05, 0) is 94.6 Å². The van der Waals surface area contributed by atoms with Gasteiger partial charge in [-0.1, -0.05) is 6.42 Å². The zero-order valence-corrected chi connectivity index (χ0v) is 16.7. The third-order valence-corrected chi connectivity index (χ3v) is 6.78. The van der Waals surface area contributed by atoms with Gasteiger partial charge in [0.2, 0.25) is 0 Å². The molecule has 3 fully saturated rings.